The third kappa shape index (κ3) is 50.0. The van der Waals surface area contributed by atoms with E-state index in [1.54, 1.807) is 0 Å². The Balaban J connectivity index is 4.37. The topological polar surface area (TPSA) is 78.9 Å². The predicted octanol–water partition coefficient (Wildman–Crippen LogP) is 17.6. The Morgan fingerprint density at radius 1 is 0.333 bits per heavy atom. The fraction of sp³-hybridized carbons (Fsp3) is 0.772. The summed E-state index contributed by atoms with van der Waals surface area (Å²) >= 11 is 0. The van der Waals surface area contributed by atoms with Crippen molar-refractivity contribution in [1.82, 2.24) is 0 Å². The Kier molecular flexibility index (Phi) is 49.4. The standard InChI is InChI=1S/C57H100O6/c1-4-7-10-13-16-19-22-24-26-27-28-29-31-32-35-38-41-44-47-50-56(59)62-53-54(52-61-55(58)49-46-43-40-37-34-21-18-15-12-9-6-3)63-57(60)51-48-45-42-39-36-33-30-25-23-20-17-14-11-8-5-2/h7,10,16,19,24-26,28-30,54H,4-6,8-9,11-15,17-18,20-23,27,31-53H2,1-3H3/b10-7-,19-16-,26-24-,29-28-,30-25-. The average molecular weight is 881 g/mol. The van der Waals surface area contributed by atoms with Gasteiger partial charge in [0.2, 0.25) is 0 Å². The van der Waals surface area contributed by atoms with Crippen molar-refractivity contribution in [2.45, 2.75) is 271 Å². The van der Waals surface area contributed by atoms with Crippen LogP contribution in [0, 0.1) is 0 Å². The molecule has 0 spiro atoms. The first-order valence-electron chi connectivity index (χ1n) is 26.8. The molecule has 0 radical (unpaired) electrons. The van der Waals surface area contributed by atoms with Gasteiger partial charge >= 0.3 is 17.9 Å². The first-order chi connectivity index (χ1) is 31.0. The SMILES string of the molecule is CC/C=C\C/C=C\C/C=C\C/C=C\CCCCCCCCC(=O)OCC(COC(=O)CCCCCCCCCCCCC)OC(=O)CCCCCCC/C=C\CCCCCCCC. The summed E-state index contributed by atoms with van der Waals surface area (Å²) in [7, 11) is 0. The van der Waals surface area contributed by atoms with Crippen LogP contribution in [0.3, 0.4) is 0 Å². The highest BCUT2D eigenvalue weighted by molar-refractivity contribution is 5.71. The lowest BCUT2D eigenvalue weighted by Crippen LogP contribution is -2.30. The molecule has 0 aromatic rings. The summed E-state index contributed by atoms with van der Waals surface area (Å²) in [6, 6.07) is 0. The molecule has 0 rings (SSSR count). The predicted molar refractivity (Wildman–Crippen MR) is 270 cm³/mol. The van der Waals surface area contributed by atoms with E-state index in [0.717, 1.165) is 103 Å². The van der Waals surface area contributed by atoms with Gasteiger partial charge in [-0.1, -0.05) is 223 Å². The highest BCUT2D eigenvalue weighted by Crippen LogP contribution is 2.15. The monoisotopic (exact) mass is 881 g/mol. The molecule has 63 heavy (non-hydrogen) atoms. The second-order valence-electron chi connectivity index (χ2n) is 17.8. The van der Waals surface area contributed by atoms with Gasteiger partial charge in [0.25, 0.3) is 0 Å². The van der Waals surface area contributed by atoms with Crippen molar-refractivity contribution >= 4 is 17.9 Å². The molecule has 0 aliphatic heterocycles. The minimum Gasteiger partial charge on any atom is -0.462 e. The summed E-state index contributed by atoms with van der Waals surface area (Å²) < 4.78 is 16.8. The number of carbonyl (C=O) groups excluding carboxylic acids is 3. The van der Waals surface area contributed by atoms with E-state index >= 15 is 0 Å². The van der Waals surface area contributed by atoms with Gasteiger partial charge in [0.15, 0.2) is 6.10 Å². The first kappa shape index (κ1) is 60.1. The molecule has 364 valence electrons. The van der Waals surface area contributed by atoms with E-state index in [1.165, 1.54) is 122 Å². The van der Waals surface area contributed by atoms with Crippen LogP contribution in [-0.2, 0) is 28.6 Å². The average Bonchev–Trinajstić information content (AvgIpc) is 3.28. The second kappa shape index (κ2) is 51.7. The number of unbranched alkanes of at least 4 members (excludes halogenated alkanes) is 27. The van der Waals surface area contributed by atoms with Gasteiger partial charge in [-0.25, -0.2) is 0 Å². The van der Waals surface area contributed by atoms with Crippen LogP contribution in [0.25, 0.3) is 0 Å². The van der Waals surface area contributed by atoms with Crippen LogP contribution < -0.4 is 0 Å². The number of hydrogen-bond acceptors (Lipinski definition) is 6. The van der Waals surface area contributed by atoms with E-state index in [0.29, 0.717) is 19.3 Å². The summed E-state index contributed by atoms with van der Waals surface area (Å²) in [5.41, 5.74) is 0. The number of carbonyl (C=O) groups is 3. The Labute approximate surface area is 390 Å². The lowest BCUT2D eigenvalue weighted by atomic mass is 10.1. The second-order valence-corrected chi connectivity index (χ2v) is 17.8. The maximum Gasteiger partial charge on any atom is 0.306 e. The van der Waals surface area contributed by atoms with Crippen molar-refractivity contribution in [3.05, 3.63) is 60.8 Å². The van der Waals surface area contributed by atoms with E-state index in [2.05, 4.69) is 81.5 Å². The number of ether oxygens (including phenoxy) is 3. The summed E-state index contributed by atoms with van der Waals surface area (Å²) in [6.07, 6.45) is 63.4. The van der Waals surface area contributed by atoms with Crippen LogP contribution in [0.2, 0.25) is 0 Å². The highest BCUT2D eigenvalue weighted by atomic mass is 16.6. The van der Waals surface area contributed by atoms with Crippen molar-refractivity contribution in [3.8, 4) is 0 Å². The van der Waals surface area contributed by atoms with Gasteiger partial charge in [-0.2, -0.15) is 0 Å². The molecule has 1 atom stereocenters. The fourth-order valence-electron chi connectivity index (χ4n) is 7.49. The van der Waals surface area contributed by atoms with E-state index in [4.69, 9.17) is 14.2 Å². The van der Waals surface area contributed by atoms with Gasteiger partial charge in [0.05, 0.1) is 0 Å². The Bertz CT molecular complexity index is 1150. The van der Waals surface area contributed by atoms with Gasteiger partial charge in [-0.05, 0) is 83.5 Å². The Morgan fingerprint density at radius 2 is 0.619 bits per heavy atom. The lowest BCUT2D eigenvalue weighted by Gasteiger charge is -2.18. The van der Waals surface area contributed by atoms with Crippen LogP contribution in [0.5, 0.6) is 0 Å². The van der Waals surface area contributed by atoms with Crippen molar-refractivity contribution in [3.63, 3.8) is 0 Å². The number of allylic oxidation sites excluding steroid dienone is 10. The molecule has 0 aliphatic rings. The zero-order chi connectivity index (χ0) is 45.8. The first-order valence-corrected chi connectivity index (χ1v) is 26.8. The number of rotatable bonds is 48. The molecule has 0 bridgehead atoms. The zero-order valence-corrected chi connectivity index (χ0v) is 41.6. The van der Waals surface area contributed by atoms with Crippen LogP contribution in [-0.4, -0.2) is 37.2 Å². The van der Waals surface area contributed by atoms with Gasteiger partial charge < -0.3 is 14.2 Å². The smallest absolute Gasteiger partial charge is 0.306 e. The number of hydrogen-bond donors (Lipinski definition) is 0. The minimum atomic E-state index is -0.781. The largest absolute Gasteiger partial charge is 0.462 e. The molecule has 0 saturated heterocycles. The molecule has 0 N–H and O–H groups in total. The molecular formula is C57H100O6. The van der Waals surface area contributed by atoms with E-state index in [9.17, 15) is 14.4 Å². The van der Waals surface area contributed by atoms with Crippen LogP contribution >= 0.6 is 0 Å². The van der Waals surface area contributed by atoms with Gasteiger partial charge in [-0.15, -0.1) is 0 Å². The van der Waals surface area contributed by atoms with Crippen molar-refractivity contribution in [2.75, 3.05) is 13.2 Å². The fourth-order valence-corrected chi connectivity index (χ4v) is 7.49. The molecule has 0 aromatic heterocycles. The van der Waals surface area contributed by atoms with Crippen molar-refractivity contribution in [2.24, 2.45) is 0 Å². The van der Waals surface area contributed by atoms with Crippen molar-refractivity contribution in [1.29, 1.82) is 0 Å². The molecule has 0 heterocycles. The summed E-state index contributed by atoms with van der Waals surface area (Å²) in [6.45, 7) is 6.51. The Morgan fingerprint density at radius 3 is 0.984 bits per heavy atom. The van der Waals surface area contributed by atoms with E-state index < -0.39 is 6.10 Å². The zero-order valence-electron chi connectivity index (χ0n) is 41.6. The van der Waals surface area contributed by atoms with E-state index in [-0.39, 0.29) is 31.1 Å². The molecular weight excluding hydrogens is 781 g/mol. The molecule has 6 nitrogen and oxygen atoms in total. The summed E-state index contributed by atoms with van der Waals surface area (Å²) in [5.74, 6) is -0.897. The third-order valence-corrected chi connectivity index (χ3v) is 11.5. The molecule has 0 aromatic carbocycles. The van der Waals surface area contributed by atoms with Crippen LogP contribution in [0.1, 0.15) is 265 Å². The van der Waals surface area contributed by atoms with Gasteiger partial charge in [0.1, 0.15) is 13.2 Å². The molecule has 0 aliphatic carbocycles. The normalized spacial score (nSPS) is 12.5. The maximum atomic E-state index is 12.8. The highest BCUT2D eigenvalue weighted by Gasteiger charge is 2.19. The van der Waals surface area contributed by atoms with Gasteiger partial charge in [0, 0.05) is 19.3 Å². The molecule has 1 unspecified atom stereocenters. The molecule has 6 heteroatoms. The van der Waals surface area contributed by atoms with Crippen molar-refractivity contribution < 1.29 is 28.6 Å². The van der Waals surface area contributed by atoms with Crippen LogP contribution in [0.4, 0.5) is 0 Å². The van der Waals surface area contributed by atoms with E-state index in [1.807, 2.05) is 0 Å². The minimum absolute atomic E-state index is 0.0802. The Hall–Kier alpha value is -2.89. The maximum absolute atomic E-state index is 12.8. The lowest BCUT2D eigenvalue weighted by molar-refractivity contribution is -0.167. The van der Waals surface area contributed by atoms with Crippen LogP contribution in [0.15, 0.2) is 60.8 Å². The summed E-state index contributed by atoms with van der Waals surface area (Å²) in [4.78, 5) is 38.0. The third-order valence-electron chi connectivity index (χ3n) is 11.5. The number of esters is 3. The quantitative estimate of drug-likeness (QED) is 0.0262. The summed E-state index contributed by atoms with van der Waals surface area (Å²) in [5, 5.41) is 0. The molecule has 0 saturated carbocycles. The van der Waals surface area contributed by atoms with Gasteiger partial charge in [-0.3, -0.25) is 14.4 Å². The molecule has 0 amide bonds. The molecule has 0 fully saturated rings.